The molecule has 1 atom stereocenters. The van der Waals surface area contributed by atoms with Crippen molar-refractivity contribution in [2.24, 2.45) is 0 Å². The van der Waals surface area contributed by atoms with E-state index >= 15 is 0 Å². The van der Waals surface area contributed by atoms with Crippen LogP contribution in [0.1, 0.15) is 29.1 Å². The summed E-state index contributed by atoms with van der Waals surface area (Å²) in [4.78, 5) is 16.4. The summed E-state index contributed by atoms with van der Waals surface area (Å²) in [6.07, 6.45) is 0. The molecule has 26 heavy (non-hydrogen) atoms. The molecule has 0 bridgehead atoms. The van der Waals surface area contributed by atoms with Gasteiger partial charge in [0.2, 0.25) is 11.7 Å². The molecule has 0 spiro atoms. The van der Waals surface area contributed by atoms with E-state index in [0.717, 1.165) is 17.7 Å². The van der Waals surface area contributed by atoms with Gasteiger partial charge in [-0.3, -0.25) is 4.79 Å². The molecule has 1 heterocycles. The molecule has 134 valence electrons. The van der Waals surface area contributed by atoms with Crippen molar-refractivity contribution in [2.45, 2.75) is 12.8 Å². The van der Waals surface area contributed by atoms with Gasteiger partial charge in [0.1, 0.15) is 0 Å². The molecule has 0 aliphatic heterocycles. The van der Waals surface area contributed by atoms with Gasteiger partial charge in [-0.2, -0.15) is 4.98 Å². The third kappa shape index (κ3) is 3.88. The molecule has 5 nitrogen and oxygen atoms in total. The highest BCUT2D eigenvalue weighted by molar-refractivity contribution is 6.33. The summed E-state index contributed by atoms with van der Waals surface area (Å²) in [5.74, 6) is -2.37. The van der Waals surface area contributed by atoms with Gasteiger partial charge in [0.25, 0.3) is 5.91 Å². The molecule has 0 saturated heterocycles. The molecule has 0 aliphatic carbocycles. The normalized spacial score (nSPS) is 12.0. The summed E-state index contributed by atoms with van der Waals surface area (Å²) in [6, 6.07) is 10.8. The topological polar surface area (TPSA) is 68.0 Å². The molecule has 2 aromatic carbocycles. The van der Waals surface area contributed by atoms with Crippen LogP contribution < -0.4 is 5.32 Å². The van der Waals surface area contributed by atoms with Gasteiger partial charge >= 0.3 is 0 Å². The van der Waals surface area contributed by atoms with E-state index in [1.807, 2.05) is 30.3 Å². The van der Waals surface area contributed by atoms with Crippen molar-refractivity contribution in [3.63, 3.8) is 0 Å². The number of carbonyl (C=O) groups excluding carboxylic acids is 1. The van der Waals surface area contributed by atoms with Crippen molar-refractivity contribution in [2.75, 3.05) is 6.54 Å². The van der Waals surface area contributed by atoms with Crippen molar-refractivity contribution in [3.05, 3.63) is 70.6 Å². The zero-order chi connectivity index (χ0) is 18.7. The maximum atomic E-state index is 13.3. The predicted octanol–water partition coefficient (Wildman–Crippen LogP) is 4.20. The van der Waals surface area contributed by atoms with Gasteiger partial charge in [0.15, 0.2) is 11.6 Å². The van der Waals surface area contributed by atoms with Crippen LogP contribution in [-0.2, 0) is 0 Å². The van der Waals surface area contributed by atoms with E-state index in [1.165, 1.54) is 0 Å². The monoisotopic (exact) mass is 377 g/mol. The summed E-state index contributed by atoms with van der Waals surface area (Å²) >= 11 is 5.79. The second-order valence-corrected chi connectivity index (χ2v) is 6.09. The summed E-state index contributed by atoms with van der Waals surface area (Å²) in [7, 11) is 0. The third-order valence-electron chi connectivity index (χ3n) is 3.72. The molecule has 0 fully saturated rings. The molecule has 0 radical (unpaired) electrons. The van der Waals surface area contributed by atoms with Crippen LogP contribution in [0.15, 0.2) is 47.0 Å². The number of aromatic nitrogens is 2. The molecule has 1 N–H and O–H groups in total. The molecule has 1 unspecified atom stereocenters. The number of halogens is 3. The first-order chi connectivity index (χ1) is 12.5. The number of hydrogen-bond donors (Lipinski definition) is 1. The number of benzene rings is 2. The van der Waals surface area contributed by atoms with Crippen LogP contribution in [0.4, 0.5) is 8.78 Å². The van der Waals surface area contributed by atoms with Crippen LogP contribution in [0.2, 0.25) is 5.02 Å². The summed E-state index contributed by atoms with van der Waals surface area (Å²) in [5, 5.41) is 6.34. The maximum Gasteiger partial charge on any atom is 0.252 e. The smallest absolute Gasteiger partial charge is 0.252 e. The largest absolute Gasteiger partial charge is 0.351 e. The average Bonchev–Trinajstić information content (AvgIpc) is 3.13. The Hall–Kier alpha value is -2.80. The molecule has 0 saturated carbocycles. The van der Waals surface area contributed by atoms with E-state index in [4.69, 9.17) is 16.1 Å². The van der Waals surface area contributed by atoms with Crippen molar-refractivity contribution in [1.82, 2.24) is 15.5 Å². The van der Waals surface area contributed by atoms with Gasteiger partial charge in [0, 0.05) is 12.1 Å². The Morgan fingerprint density at radius 3 is 2.65 bits per heavy atom. The van der Waals surface area contributed by atoms with Gasteiger partial charge in [0.05, 0.1) is 16.5 Å². The minimum atomic E-state index is -1.14. The fourth-order valence-electron chi connectivity index (χ4n) is 2.26. The van der Waals surface area contributed by atoms with Crippen LogP contribution in [0.5, 0.6) is 0 Å². The zero-order valence-electron chi connectivity index (χ0n) is 13.7. The lowest BCUT2D eigenvalue weighted by molar-refractivity contribution is 0.0950. The van der Waals surface area contributed by atoms with Crippen LogP contribution in [-0.4, -0.2) is 22.6 Å². The predicted molar refractivity (Wildman–Crippen MR) is 91.9 cm³/mol. The molecule has 3 aromatic rings. The van der Waals surface area contributed by atoms with E-state index in [-0.39, 0.29) is 23.0 Å². The lowest BCUT2D eigenvalue weighted by Crippen LogP contribution is -2.28. The van der Waals surface area contributed by atoms with Crippen LogP contribution in [0.3, 0.4) is 0 Å². The number of nitrogens with one attached hydrogen (secondary N) is 1. The highest BCUT2D eigenvalue weighted by Crippen LogP contribution is 2.21. The Morgan fingerprint density at radius 1 is 1.23 bits per heavy atom. The number of rotatable bonds is 5. The van der Waals surface area contributed by atoms with Crippen molar-refractivity contribution in [3.8, 4) is 11.4 Å². The summed E-state index contributed by atoms with van der Waals surface area (Å²) in [5.41, 5.74) is 0.667. The Balaban J connectivity index is 1.66. The van der Waals surface area contributed by atoms with Crippen molar-refractivity contribution >= 4 is 17.5 Å². The SMILES string of the molecule is CC(CNC(=O)c1cc(F)c(F)cc1Cl)c1nc(-c2ccccc2)no1. The summed E-state index contributed by atoms with van der Waals surface area (Å²) < 4.78 is 31.6. The fourth-order valence-corrected chi connectivity index (χ4v) is 2.50. The van der Waals surface area contributed by atoms with E-state index in [1.54, 1.807) is 6.92 Å². The summed E-state index contributed by atoms with van der Waals surface area (Å²) in [6.45, 7) is 1.94. The fraction of sp³-hybridized carbons (Fsp3) is 0.167. The van der Waals surface area contributed by atoms with Crippen LogP contribution >= 0.6 is 11.6 Å². The first-order valence-electron chi connectivity index (χ1n) is 7.77. The molecular formula is C18H14ClF2N3O2. The average molecular weight is 378 g/mol. The van der Waals surface area contributed by atoms with Crippen molar-refractivity contribution in [1.29, 1.82) is 0 Å². The quantitative estimate of drug-likeness (QED) is 0.676. The highest BCUT2D eigenvalue weighted by atomic mass is 35.5. The van der Waals surface area contributed by atoms with E-state index < -0.39 is 17.5 Å². The molecule has 1 aromatic heterocycles. The van der Waals surface area contributed by atoms with Gasteiger partial charge in [-0.25, -0.2) is 8.78 Å². The molecule has 0 aliphatic rings. The van der Waals surface area contributed by atoms with Gasteiger partial charge in [-0.05, 0) is 12.1 Å². The molecule has 3 rings (SSSR count). The number of carbonyl (C=O) groups is 1. The van der Waals surface area contributed by atoms with Gasteiger partial charge in [-0.15, -0.1) is 0 Å². The molecule has 8 heteroatoms. The standard InChI is InChI=1S/C18H14ClF2N3O2/c1-10(18-23-16(24-26-18)11-5-3-2-4-6-11)9-22-17(25)12-7-14(20)15(21)8-13(12)19/h2-8,10H,9H2,1H3,(H,22,25). The number of nitrogens with zero attached hydrogens (tertiary/aromatic N) is 2. The minimum Gasteiger partial charge on any atom is -0.351 e. The van der Waals surface area contributed by atoms with Gasteiger partial charge in [-0.1, -0.05) is 54.0 Å². The Kier molecular flexibility index (Phi) is 5.27. The minimum absolute atomic E-state index is 0.145. The van der Waals surface area contributed by atoms with E-state index in [0.29, 0.717) is 11.7 Å². The molecule has 1 amide bonds. The van der Waals surface area contributed by atoms with Crippen LogP contribution in [0.25, 0.3) is 11.4 Å². The Morgan fingerprint density at radius 2 is 1.92 bits per heavy atom. The molecular weight excluding hydrogens is 364 g/mol. The maximum absolute atomic E-state index is 13.3. The third-order valence-corrected chi connectivity index (χ3v) is 4.03. The first-order valence-corrected chi connectivity index (χ1v) is 8.15. The second-order valence-electron chi connectivity index (χ2n) is 5.68. The van der Waals surface area contributed by atoms with E-state index in [9.17, 15) is 13.6 Å². The Labute approximate surface area is 153 Å². The second kappa shape index (κ2) is 7.61. The van der Waals surface area contributed by atoms with Crippen molar-refractivity contribution < 1.29 is 18.1 Å². The lowest BCUT2D eigenvalue weighted by Gasteiger charge is -2.10. The highest BCUT2D eigenvalue weighted by Gasteiger charge is 2.19. The van der Waals surface area contributed by atoms with Crippen LogP contribution in [0, 0.1) is 11.6 Å². The Bertz CT molecular complexity index is 931. The van der Waals surface area contributed by atoms with Gasteiger partial charge < -0.3 is 9.84 Å². The van der Waals surface area contributed by atoms with E-state index in [2.05, 4.69) is 15.5 Å². The zero-order valence-corrected chi connectivity index (χ0v) is 14.4. The number of amides is 1. The lowest BCUT2D eigenvalue weighted by atomic mass is 10.1. The first kappa shape index (κ1) is 18.0. The number of hydrogen-bond acceptors (Lipinski definition) is 4.